The number of anilines is 5. The normalized spacial score (nSPS) is 13.9. The number of piperazine rings is 2. The second-order valence-corrected chi connectivity index (χ2v) is 29.3. The lowest BCUT2D eigenvalue weighted by Gasteiger charge is -2.36. The molecule has 0 unspecified atom stereocenters. The van der Waals surface area contributed by atoms with Crippen molar-refractivity contribution in [3.05, 3.63) is 211 Å². The molecule has 0 saturated carbocycles. The first kappa shape index (κ1) is 83.4. The highest BCUT2D eigenvalue weighted by molar-refractivity contribution is 7.86. The zero-order valence-electron chi connectivity index (χ0n) is 65.2. The number of hydrogen-bond donors (Lipinski definition) is 5. The van der Waals surface area contributed by atoms with Crippen LogP contribution in [0.15, 0.2) is 151 Å². The van der Waals surface area contributed by atoms with E-state index in [1.165, 1.54) is 86.7 Å². The molecule has 5 aromatic carbocycles. The van der Waals surface area contributed by atoms with Gasteiger partial charge in [0.05, 0.1) is 64.3 Å². The number of nitrogens with two attached hydrogens (primary N) is 2. The van der Waals surface area contributed by atoms with Crippen LogP contribution in [0.1, 0.15) is 61.5 Å². The molecule has 0 radical (unpaired) electrons. The fraction of sp³-hybridized carbons (Fsp3) is 0.308. The van der Waals surface area contributed by atoms with Crippen LogP contribution in [0.4, 0.5) is 60.1 Å². The van der Waals surface area contributed by atoms with Crippen LogP contribution in [0, 0.1) is 41.8 Å². The van der Waals surface area contributed by atoms with Crippen LogP contribution < -0.4 is 53.5 Å². The molecule has 624 valence electrons. The van der Waals surface area contributed by atoms with Crippen molar-refractivity contribution in [1.82, 2.24) is 83.2 Å². The van der Waals surface area contributed by atoms with Gasteiger partial charge < -0.3 is 60.6 Å². The lowest BCUT2D eigenvalue weighted by molar-refractivity contribution is 0.0937. The van der Waals surface area contributed by atoms with Gasteiger partial charge in [-0.05, 0) is 86.3 Å². The minimum atomic E-state index is -3.98. The molecule has 3 fully saturated rings. The molecule has 13 aromatic rings. The minimum absolute atomic E-state index is 0.00958. The van der Waals surface area contributed by atoms with Gasteiger partial charge in [-0.25, -0.2) is 50.7 Å². The fourth-order valence-electron chi connectivity index (χ4n) is 13.8. The highest BCUT2D eigenvalue weighted by Crippen LogP contribution is 2.31. The first-order chi connectivity index (χ1) is 57.1. The Bertz CT molecular complexity index is 6160. The number of nitrogens with one attached hydrogen (secondary N) is 3. The number of amides is 4. The van der Waals surface area contributed by atoms with Gasteiger partial charge in [0.15, 0.2) is 34.1 Å². The summed E-state index contributed by atoms with van der Waals surface area (Å²) in [5, 5.41) is 15.7. The number of carbonyl (C=O) groups is 4. The summed E-state index contributed by atoms with van der Waals surface area (Å²) < 4.78 is 138. The number of imidazole rings is 2. The molecule has 41 heteroatoms. The van der Waals surface area contributed by atoms with Crippen molar-refractivity contribution in [2.24, 2.45) is 14.1 Å². The van der Waals surface area contributed by atoms with Crippen molar-refractivity contribution in [3.8, 4) is 23.2 Å². The predicted octanol–water partition coefficient (Wildman–Crippen LogP) is 7.51. The molecule has 3 saturated heterocycles. The lowest BCUT2D eigenvalue weighted by Crippen LogP contribution is -2.49. The molecule has 0 spiro atoms. The molecule has 0 bridgehead atoms. The largest absolute Gasteiger partial charge is 0.461 e. The number of fused-ring (bicyclic) bond motifs is 6. The maximum Gasteiger partial charge on any atom is 0.410 e. The lowest BCUT2D eigenvalue weighted by atomic mass is 10.1. The molecule has 7 N–H and O–H groups in total. The Kier molecular flexibility index (Phi) is 25.1. The molecule has 0 aliphatic carbocycles. The summed E-state index contributed by atoms with van der Waals surface area (Å²) in [5.74, 6) is -4.90. The number of ether oxygens (including phenoxy) is 1. The Labute approximate surface area is 673 Å². The standard InChI is InChI=1S/C25H26F2N10O3.C20H21F2N3O3.C20H19N7O5S.C13H16F2N2O/c1-29-23(38)14-12-17(16(27)13-15(14)26)35-8-5-34(6-9-35)7-10-36-21-19(33(2)25(36)39)22-30-20(18-4-3-11-40-18)32-37(22)24(28)31-21;1-23-19(26)15-11-18(17(22)12-16(15)21)24-7-9-25(10-8-24)20(27)28-13-14-5-3-2-4-6-14;1-12-5-7-13(8-6-12)33(29,30)32-11-9-26-17-15(25(2)20(26)28)18-22-16(14-4-3-10-31-14)24-27(18)19(21)23-17;1-16-13(18)9-7-12(11(15)8-10(9)14)17-5-3-2-4-6-17/h3-4,11-13H,5-10H2,1-2H3,(H2,28,31)(H,29,38);2-6,11-12H,7-10,13H2,1H3,(H,23,26);3-8,10H,9,11H2,1-2H3,(H2,21,23);7-8H,2-6H2,1H3,(H,16,18). The van der Waals surface area contributed by atoms with Gasteiger partial charge in [0, 0.05) is 132 Å². The Morgan fingerprint density at radius 2 is 0.924 bits per heavy atom. The van der Waals surface area contributed by atoms with Gasteiger partial charge in [-0.2, -0.15) is 27.4 Å². The molecule has 3 aliphatic rings. The van der Waals surface area contributed by atoms with E-state index in [4.69, 9.17) is 29.2 Å². The van der Waals surface area contributed by atoms with Crippen LogP contribution in [-0.4, -0.2) is 199 Å². The van der Waals surface area contributed by atoms with E-state index in [0.717, 1.165) is 55.6 Å². The van der Waals surface area contributed by atoms with Crippen molar-refractivity contribution < 1.29 is 71.7 Å². The van der Waals surface area contributed by atoms with Crippen molar-refractivity contribution in [1.29, 1.82) is 0 Å². The topological polar surface area (TPSA) is 392 Å². The number of hydrogen-bond acceptors (Lipinski definition) is 24. The quantitative estimate of drug-likeness (QED) is 0.0409. The average molecular weight is 1670 g/mol. The Morgan fingerprint density at radius 3 is 1.35 bits per heavy atom. The number of carbonyl (C=O) groups excluding carboxylic acids is 4. The van der Waals surface area contributed by atoms with Crippen molar-refractivity contribution in [3.63, 3.8) is 0 Å². The van der Waals surface area contributed by atoms with Crippen LogP contribution in [0.25, 0.3) is 56.8 Å². The molecule has 11 heterocycles. The summed E-state index contributed by atoms with van der Waals surface area (Å²) in [5.41, 5.74) is 15.7. The number of piperidine rings is 1. The average Bonchev–Trinajstić information content (AvgIpc) is 1.58. The van der Waals surface area contributed by atoms with Gasteiger partial charge in [-0.1, -0.05) is 48.0 Å². The van der Waals surface area contributed by atoms with E-state index in [2.05, 4.69) is 51.0 Å². The molecule has 119 heavy (non-hydrogen) atoms. The molecule has 3 aliphatic heterocycles. The summed E-state index contributed by atoms with van der Waals surface area (Å²) in [6, 6.07) is 28.5. The number of rotatable bonds is 18. The van der Waals surface area contributed by atoms with Gasteiger partial charge in [0.25, 0.3) is 27.8 Å². The van der Waals surface area contributed by atoms with E-state index in [9.17, 15) is 63.5 Å². The van der Waals surface area contributed by atoms with Crippen molar-refractivity contribution >= 4 is 96.5 Å². The van der Waals surface area contributed by atoms with Crippen molar-refractivity contribution in [2.45, 2.75) is 50.8 Å². The maximum atomic E-state index is 14.6. The van der Waals surface area contributed by atoms with Gasteiger partial charge in [0.2, 0.25) is 23.5 Å². The van der Waals surface area contributed by atoms with Gasteiger partial charge >= 0.3 is 17.5 Å². The Morgan fingerprint density at radius 1 is 0.496 bits per heavy atom. The molecule has 4 amide bonds. The zero-order valence-corrected chi connectivity index (χ0v) is 66.0. The summed E-state index contributed by atoms with van der Waals surface area (Å²) in [6.07, 6.45) is 5.69. The third-order valence-corrected chi connectivity index (χ3v) is 21.5. The summed E-state index contributed by atoms with van der Waals surface area (Å²) >= 11 is 0. The summed E-state index contributed by atoms with van der Waals surface area (Å²) in [4.78, 5) is 100. The second kappa shape index (κ2) is 35.9. The minimum Gasteiger partial charge on any atom is -0.461 e. The molecule has 0 atom stereocenters. The van der Waals surface area contributed by atoms with Crippen LogP contribution in [0.5, 0.6) is 0 Å². The molecular formula is C78H82F6N22O12S. The predicted molar refractivity (Wildman–Crippen MR) is 426 cm³/mol. The second-order valence-electron chi connectivity index (χ2n) is 27.6. The fourth-order valence-corrected chi connectivity index (χ4v) is 14.7. The number of nitrogen functional groups attached to an aromatic ring is 2. The van der Waals surface area contributed by atoms with Gasteiger partial charge in [-0.3, -0.25) is 41.7 Å². The highest BCUT2D eigenvalue weighted by atomic mass is 32.2. The monoisotopic (exact) mass is 1660 g/mol. The zero-order chi connectivity index (χ0) is 84.7. The summed E-state index contributed by atoms with van der Waals surface area (Å²) in [7, 11) is 3.42. The number of aromatic nitrogens is 12. The SMILES string of the molecule is CNC(=O)c1cc(N2CCCCC2)c(F)cc1F.CNC(=O)c1cc(N2CCN(C(=O)OCc3ccccc3)CC2)c(F)cc1F.CNC(=O)c1cc(N2CCN(CCn3c(=O)n(C)c4c3nc(N)n3nc(-c5ccco5)nc43)CC2)c(F)cc1F.Cc1ccc(S(=O)(=O)OCCn2c(=O)n(C)c3c2nc(N)n2nc(-c4ccco4)nc32)cc1. The Balaban J connectivity index is 0.000000142. The van der Waals surface area contributed by atoms with Crippen LogP contribution >= 0.6 is 0 Å². The molecule has 8 aromatic heterocycles. The van der Waals surface area contributed by atoms with Crippen LogP contribution in [0.2, 0.25) is 0 Å². The Hall–Kier alpha value is -13.6. The first-order valence-corrected chi connectivity index (χ1v) is 38.9. The van der Waals surface area contributed by atoms with E-state index in [0.29, 0.717) is 123 Å². The van der Waals surface area contributed by atoms with E-state index in [-0.39, 0.29) is 81.8 Å². The number of aryl methyl sites for hydroxylation is 3. The van der Waals surface area contributed by atoms with Gasteiger partial charge in [0.1, 0.15) is 52.5 Å². The van der Waals surface area contributed by atoms with E-state index in [1.54, 1.807) is 69.8 Å². The maximum absolute atomic E-state index is 14.6. The van der Waals surface area contributed by atoms with Gasteiger partial charge in [-0.15, -0.1) is 10.2 Å². The molecule has 16 rings (SSSR count). The number of furan rings is 2. The summed E-state index contributed by atoms with van der Waals surface area (Å²) in [6.45, 7) is 7.47. The first-order valence-electron chi connectivity index (χ1n) is 37.5. The third-order valence-electron chi connectivity index (χ3n) is 20.2. The smallest absolute Gasteiger partial charge is 0.410 e. The number of benzene rings is 5. The van der Waals surface area contributed by atoms with Crippen LogP contribution in [-0.2, 0) is 52.8 Å². The van der Waals surface area contributed by atoms with E-state index < -0.39 is 74.5 Å². The van der Waals surface area contributed by atoms with Crippen LogP contribution in [0.3, 0.4) is 0 Å². The highest BCUT2D eigenvalue weighted by Gasteiger charge is 2.31. The molecule has 34 nitrogen and oxygen atoms in total. The van der Waals surface area contributed by atoms with E-state index >= 15 is 0 Å². The van der Waals surface area contributed by atoms with Crippen molar-refractivity contribution in [2.75, 3.05) is 126 Å². The third kappa shape index (κ3) is 17.9. The number of nitrogens with zero attached hydrogens (tertiary/aromatic N) is 17. The van der Waals surface area contributed by atoms with E-state index in [1.807, 2.05) is 42.2 Å². The number of halogens is 6. The molecular weight excluding hydrogens is 1580 g/mol.